The molecule has 110 valence electrons. The van der Waals surface area contributed by atoms with Crippen LogP contribution in [0.3, 0.4) is 0 Å². The molecule has 0 amide bonds. The van der Waals surface area contributed by atoms with Crippen LogP contribution in [0.15, 0.2) is 36.5 Å². The number of benzene rings is 1. The minimum Gasteiger partial charge on any atom is -0.489 e. The molecule has 3 rings (SSSR count). The van der Waals surface area contributed by atoms with Crippen LogP contribution >= 0.6 is 11.6 Å². The van der Waals surface area contributed by atoms with E-state index in [0.29, 0.717) is 5.02 Å². The van der Waals surface area contributed by atoms with E-state index in [4.69, 9.17) is 16.3 Å². The van der Waals surface area contributed by atoms with Crippen molar-refractivity contribution in [2.24, 2.45) is 0 Å². The van der Waals surface area contributed by atoms with Crippen LogP contribution in [-0.2, 0) is 6.42 Å². The Kier molecular flexibility index (Phi) is 4.02. The van der Waals surface area contributed by atoms with Crippen LogP contribution in [0.25, 0.3) is 0 Å². The standard InChI is InChI=1S/C17H19ClN2O/c1-11(2)21-16-8-6-13(10-14(16)18)20-15-7-5-12-4-3-9-19-17(12)15/h3-4,6,8-11,15,20H,5,7H2,1-2H3. The maximum absolute atomic E-state index is 6.28. The number of pyridine rings is 1. The van der Waals surface area contributed by atoms with Crippen molar-refractivity contribution >= 4 is 17.3 Å². The zero-order chi connectivity index (χ0) is 14.8. The summed E-state index contributed by atoms with van der Waals surface area (Å²) in [5.74, 6) is 0.724. The van der Waals surface area contributed by atoms with Gasteiger partial charge in [-0.15, -0.1) is 0 Å². The molecule has 0 bridgehead atoms. The van der Waals surface area contributed by atoms with E-state index in [0.717, 1.165) is 30.0 Å². The summed E-state index contributed by atoms with van der Waals surface area (Å²) in [6, 6.07) is 10.2. The molecular formula is C17H19ClN2O. The van der Waals surface area contributed by atoms with Gasteiger partial charge in [0.1, 0.15) is 5.75 Å². The molecule has 0 saturated carbocycles. The number of ether oxygens (including phenoxy) is 1. The molecule has 0 aliphatic heterocycles. The molecule has 0 spiro atoms. The number of halogens is 1. The zero-order valence-corrected chi connectivity index (χ0v) is 13.0. The van der Waals surface area contributed by atoms with Crippen molar-refractivity contribution in [3.05, 3.63) is 52.8 Å². The molecule has 1 atom stereocenters. The van der Waals surface area contributed by atoms with Gasteiger partial charge in [0.15, 0.2) is 0 Å². The van der Waals surface area contributed by atoms with E-state index in [1.165, 1.54) is 5.56 Å². The van der Waals surface area contributed by atoms with Gasteiger partial charge < -0.3 is 10.1 Å². The summed E-state index contributed by atoms with van der Waals surface area (Å²) in [6.07, 6.45) is 4.11. The summed E-state index contributed by atoms with van der Waals surface area (Å²) >= 11 is 6.28. The highest BCUT2D eigenvalue weighted by Gasteiger charge is 2.23. The third-order valence-corrected chi connectivity index (χ3v) is 3.89. The van der Waals surface area contributed by atoms with Crippen molar-refractivity contribution in [3.8, 4) is 5.75 Å². The number of aromatic nitrogens is 1. The fourth-order valence-electron chi connectivity index (χ4n) is 2.69. The number of hydrogen-bond acceptors (Lipinski definition) is 3. The molecule has 21 heavy (non-hydrogen) atoms. The van der Waals surface area contributed by atoms with Crippen LogP contribution in [-0.4, -0.2) is 11.1 Å². The van der Waals surface area contributed by atoms with E-state index in [9.17, 15) is 0 Å². The Morgan fingerprint density at radius 1 is 1.33 bits per heavy atom. The van der Waals surface area contributed by atoms with E-state index in [1.54, 1.807) is 0 Å². The van der Waals surface area contributed by atoms with Crippen molar-refractivity contribution in [2.75, 3.05) is 5.32 Å². The van der Waals surface area contributed by atoms with E-state index in [1.807, 2.05) is 44.3 Å². The molecule has 0 fully saturated rings. The Labute approximate surface area is 130 Å². The lowest BCUT2D eigenvalue weighted by Gasteiger charge is -2.16. The third-order valence-electron chi connectivity index (χ3n) is 3.59. The van der Waals surface area contributed by atoms with Gasteiger partial charge in [0.25, 0.3) is 0 Å². The van der Waals surface area contributed by atoms with Crippen LogP contribution < -0.4 is 10.1 Å². The van der Waals surface area contributed by atoms with Crippen LogP contribution in [0.5, 0.6) is 5.75 Å². The molecule has 1 aliphatic rings. The molecule has 1 unspecified atom stereocenters. The highest BCUT2D eigenvalue weighted by atomic mass is 35.5. The summed E-state index contributed by atoms with van der Waals surface area (Å²) in [5.41, 5.74) is 3.48. The highest BCUT2D eigenvalue weighted by Crippen LogP contribution is 2.34. The summed E-state index contributed by atoms with van der Waals surface area (Å²) in [4.78, 5) is 4.50. The van der Waals surface area contributed by atoms with Crippen molar-refractivity contribution in [1.29, 1.82) is 0 Å². The predicted molar refractivity (Wildman–Crippen MR) is 86.1 cm³/mol. The normalized spacial score (nSPS) is 16.9. The molecule has 1 aromatic carbocycles. The Morgan fingerprint density at radius 3 is 2.95 bits per heavy atom. The molecular weight excluding hydrogens is 284 g/mol. The smallest absolute Gasteiger partial charge is 0.138 e. The quantitative estimate of drug-likeness (QED) is 0.894. The van der Waals surface area contributed by atoms with Gasteiger partial charge in [-0.3, -0.25) is 4.98 Å². The van der Waals surface area contributed by atoms with Gasteiger partial charge in [-0.2, -0.15) is 0 Å². The first-order valence-electron chi connectivity index (χ1n) is 7.30. The van der Waals surface area contributed by atoms with Crippen LogP contribution in [0.4, 0.5) is 5.69 Å². The number of nitrogens with one attached hydrogen (secondary N) is 1. The van der Waals surface area contributed by atoms with Crippen molar-refractivity contribution in [3.63, 3.8) is 0 Å². The lowest BCUT2D eigenvalue weighted by atomic mass is 10.2. The Hall–Kier alpha value is -1.74. The molecule has 1 aromatic heterocycles. The van der Waals surface area contributed by atoms with Crippen LogP contribution in [0.2, 0.25) is 5.02 Å². The fourth-order valence-corrected chi connectivity index (χ4v) is 2.92. The van der Waals surface area contributed by atoms with Gasteiger partial charge in [0.2, 0.25) is 0 Å². The van der Waals surface area contributed by atoms with Gasteiger partial charge in [0.05, 0.1) is 22.9 Å². The van der Waals surface area contributed by atoms with Crippen molar-refractivity contribution < 1.29 is 4.74 Å². The molecule has 0 saturated heterocycles. The summed E-state index contributed by atoms with van der Waals surface area (Å²) < 4.78 is 5.65. The number of anilines is 1. The number of aryl methyl sites for hydroxylation is 1. The van der Waals surface area contributed by atoms with Gasteiger partial charge >= 0.3 is 0 Å². The van der Waals surface area contributed by atoms with Gasteiger partial charge in [-0.1, -0.05) is 17.7 Å². The van der Waals surface area contributed by atoms with Crippen LogP contribution in [0, 0.1) is 0 Å². The average molecular weight is 303 g/mol. The zero-order valence-electron chi connectivity index (χ0n) is 12.3. The van der Waals surface area contributed by atoms with E-state index >= 15 is 0 Å². The second-order valence-electron chi connectivity index (χ2n) is 5.60. The molecule has 2 aromatic rings. The van der Waals surface area contributed by atoms with E-state index in [-0.39, 0.29) is 12.1 Å². The van der Waals surface area contributed by atoms with Gasteiger partial charge in [0, 0.05) is 11.9 Å². The highest BCUT2D eigenvalue weighted by molar-refractivity contribution is 6.32. The summed E-state index contributed by atoms with van der Waals surface area (Å²) in [7, 11) is 0. The van der Waals surface area contributed by atoms with Gasteiger partial charge in [-0.25, -0.2) is 0 Å². The average Bonchev–Trinajstić information content (AvgIpc) is 2.85. The molecule has 4 heteroatoms. The number of hydrogen-bond donors (Lipinski definition) is 1. The molecule has 1 aliphatic carbocycles. The molecule has 1 N–H and O–H groups in total. The minimum atomic E-state index is 0.118. The first-order valence-corrected chi connectivity index (χ1v) is 7.68. The molecule has 1 heterocycles. The fraction of sp³-hybridized carbons (Fsp3) is 0.353. The maximum atomic E-state index is 6.28. The first kappa shape index (κ1) is 14.2. The second kappa shape index (κ2) is 5.94. The predicted octanol–water partition coefficient (Wildman–Crippen LogP) is 4.62. The summed E-state index contributed by atoms with van der Waals surface area (Å²) in [6.45, 7) is 3.98. The first-order chi connectivity index (χ1) is 10.1. The van der Waals surface area contributed by atoms with Crippen LogP contribution in [0.1, 0.15) is 37.6 Å². The second-order valence-corrected chi connectivity index (χ2v) is 6.00. The largest absolute Gasteiger partial charge is 0.489 e. The lowest BCUT2D eigenvalue weighted by Crippen LogP contribution is -2.09. The molecule has 3 nitrogen and oxygen atoms in total. The monoisotopic (exact) mass is 302 g/mol. The van der Waals surface area contributed by atoms with E-state index < -0.39 is 0 Å². The topological polar surface area (TPSA) is 34.1 Å². The third kappa shape index (κ3) is 3.13. The Bertz CT molecular complexity index is 642. The number of fused-ring (bicyclic) bond motifs is 1. The number of rotatable bonds is 4. The molecule has 0 radical (unpaired) electrons. The summed E-state index contributed by atoms with van der Waals surface area (Å²) in [5, 5.41) is 4.15. The Balaban J connectivity index is 1.76. The number of nitrogens with zero attached hydrogens (tertiary/aromatic N) is 1. The minimum absolute atomic E-state index is 0.118. The van der Waals surface area contributed by atoms with Crippen molar-refractivity contribution in [2.45, 2.75) is 38.8 Å². The SMILES string of the molecule is CC(C)Oc1ccc(NC2CCc3cccnc32)cc1Cl. The van der Waals surface area contributed by atoms with Crippen molar-refractivity contribution in [1.82, 2.24) is 4.98 Å². The van der Waals surface area contributed by atoms with Gasteiger partial charge in [-0.05, 0) is 56.5 Å². The lowest BCUT2D eigenvalue weighted by molar-refractivity contribution is 0.242. The Morgan fingerprint density at radius 2 is 2.19 bits per heavy atom. The maximum Gasteiger partial charge on any atom is 0.138 e. The van der Waals surface area contributed by atoms with E-state index in [2.05, 4.69) is 16.4 Å².